The molecule has 0 spiro atoms. The molecular weight excluding hydrogens is 340 g/mol. The summed E-state index contributed by atoms with van der Waals surface area (Å²) in [6, 6.07) is -1.49. The number of unbranched alkanes of at least 4 members (excludes halogenated alkanes) is 2. The van der Waals surface area contributed by atoms with Gasteiger partial charge in [-0.3, -0.25) is 9.59 Å². The van der Waals surface area contributed by atoms with Gasteiger partial charge in [-0.2, -0.15) is 0 Å². The van der Waals surface area contributed by atoms with Crippen LogP contribution < -0.4 is 22.9 Å². The van der Waals surface area contributed by atoms with Crippen molar-refractivity contribution < 1.29 is 39.6 Å². The van der Waals surface area contributed by atoms with Crippen LogP contribution in [0.25, 0.3) is 0 Å². The van der Waals surface area contributed by atoms with Crippen molar-refractivity contribution in [2.75, 3.05) is 13.1 Å². The third kappa shape index (κ3) is 24.1. The summed E-state index contributed by atoms with van der Waals surface area (Å²) in [7, 11) is 0. The zero-order valence-electron chi connectivity index (χ0n) is 13.8. The molecule has 0 fully saturated rings. The topological polar surface area (TPSA) is 253 Å². The minimum absolute atomic E-state index is 0.327. The molecule has 25 heavy (non-hydrogen) atoms. The first-order valence-corrected chi connectivity index (χ1v) is 7.34. The van der Waals surface area contributed by atoms with E-state index >= 15 is 0 Å². The monoisotopic (exact) mass is 368 g/mol. The van der Waals surface area contributed by atoms with Crippen molar-refractivity contribution in [1.29, 1.82) is 0 Å². The molecule has 2 atom stereocenters. The maximum absolute atomic E-state index is 10.2. The first kappa shape index (κ1) is 27.6. The molecule has 0 saturated heterocycles. The number of carbonyl (C=O) groups is 4. The molecule has 0 aromatic heterocycles. The molecule has 0 radical (unpaired) electrons. The fraction of sp³-hybridized carbons (Fsp3) is 0.692. The van der Waals surface area contributed by atoms with Crippen LogP contribution in [0.5, 0.6) is 0 Å². The fourth-order valence-electron chi connectivity index (χ4n) is 1.11. The minimum atomic E-state index is -1.82. The first-order valence-electron chi connectivity index (χ1n) is 7.34. The number of hydrogen-bond acceptors (Lipinski definition) is 8. The Labute approximate surface area is 144 Å². The fourth-order valence-corrected chi connectivity index (χ4v) is 1.11. The van der Waals surface area contributed by atoms with Crippen LogP contribution >= 0.6 is 0 Å². The average molecular weight is 368 g/mol. The van der Waals surface area contributed by atoms with Crippen LogP contribution in [-0.4, -0.2) is 69.5 Å². The van der Waals surface area contributed by atoms with E-state index < -0.39 is 36.0 Å². The summed E-state index contributed by atoms with van der Waals surface area (Å²) in [6.07, 6.45) is 3.67. The third-order valence-electron chi connectivity index (χ3n) is 2.51. The van der Waals surface area contributed by atoms with Crippen LogP contribution in [0.4, 0.5) is 0 Å². The number of aliphatic carboxylic acids is 4. The van der Waals surface area contributed by atoms with E-state index in [9.17, 15) is 9.59 Å². The lowest BCUT2D eigenvalue weighted by Crippen LogP contribution is -2.32. The summed E-state index contributed by atoms with van der Waals surface area (Å²) in [5, 5.41) is 31.3. The van der Waals surface area contributed by atoms with E-state index in [0.29, 0.717) is 25.9 Å². The van der Waals surface area contributed by atoms with Gasteiger partial charge in [0.2, 0.25) is 0 Å². The van der Waals surface area contributed by atoms with Gasteiger partial charge in [0.1, 0.15) is 12.1 Å². The number of carboxylic acid groups (broad SMARTS) is 4. The number of nitrogens with two attached hydrogens (primary N) is 4. The average Bonchev–Trinajstić information content (AvgIpc) is 2.52. The third-order valence-corrected chi connectivity index (χ3v) is 2.51. The van der Waals surface area contributed by atoms with Crippen molar-refractivity contribution in [3.8, 4) is 0 Å². The maximum atomic E-state index is 10.2. The van der Waals surface area contributed by atoms with Crippen LogP contribution in [0.3, 0.4) is 0 Å². The second kappa shape index (κ2) is 18.1. The second-order valence-electron chi connectivity index (χ2n) is 4.72. The van der Waals surface area contributed by atoms with Gasteiger partial charge in [0.05, 0.1) is 0 Å². The number of hydrogen-bond donors (Lipinski definition) is 8. The Morgan fingerprint density at radius 2 is 1.04 bits per heavy atom. The van der Waals surface area contributed by atoms with Crippen molar-refractivity contribution in [2.45, 2.75) is 44.2 Å². The van der Waals surface area contributed by atoms with Crippen molar-refractivity contribution in [1.82, 2.24) is 0 Å². The van der Waals surface area contributed by atoms with Gasteiger partial charge in [-0.25, -0.2) is 9.59 Å². The molecule has 0 aromatic carbocycles. The Balaban J connectivity index is -0.000000306. The quantitative estimate of drug-likeness (QED) is 0.160. The lowest BCUT2D eigenvalue weighted by molar-refractivity contribution is -0.159. The molecule has 0 aliphatic rings. The van der Waals surface area contributed by atoms with Gasteiger partial charge >= 0.3 is 23.9 Å². The van der Waals surface area contributed by atoms with E-state index in [4.69, 9.17) is 52.9 Å². The molecule has 0 bridgehead atoms. The molecule has 0 aromatic rings. The highest BCUT2D eigenvalue weighted by Gasteiger charge is 2.09. The van der Waals surface area contributed by atoms with E-state index in [-0.39, 0.29) is 0 Å². The van der Waals surface area contributed by atoms with Crippen LogP contribution in [0, 0.1) is 0 Å². The van der Waals surface area contributed by atoms with Crippen molar-refractivity contribution in [2.24, 2.45) is 22.9 Å². The molecule has 0 amide bonds. The van der Waals surface area contributed by atoms with Gasteiger partial charge in [-0.05, 0) is 32.4 Å². The summed E-state index contributed by atoms with van der Waals surface area (Å²) in [5.74, 6) is -5.56. The maximum Gasteiger partial charge on any atom is 0.414 e. The summed E-state index contributed by atoms with van der Waals surface area (Å²) in [4.78, 5) is 38.3. The van der Waals surface area contributed by atoms with E-state index in [1.54, 1.807) is 0 Å². The molecule has 12 N–H and O–H groups in total. The molecule has 12 heteroatoms. The highest BCUT2D eigenvalue weighted by Crippen LogP contribution is 2.01. The molecule has 148 valence electrons. The Morgan fingerprint density at radius 1 is 0.640 bits per heavy atom. The number of rotatable bonds is 9. The summed E-state index contributed by atoms with van der Waals surface area (Å²) in [6.45, 7) is 0.996. The van der Waals surface area contributed by atoms with Gasteiger partial charge < -0.3 is 43.4 Å². The largest absolute Gasteiger partial charge is 0.480 e. The van der Waals surface area contributed by atoms with E-state index in [1.165, 1.54) is 0 Å². The SMILES string of the molecule is NCCC(N)C(=O)O.NCCCCCC(N)C(=O)O.O=C(O)C(=O)O. The van der Waals surface area contributed by atoms with Gasteiger partial charge in [0, 0.05) is 0 Å². The molecule has 2 unspecified atom stereocenters. The molecule has 0 aliphatic heterocycles. The Hall–Kier alpha value is -2.28. The minimum Gasteiger partial charge on any atom is -0.480 e. The van der Waals surface area contributed by atoms with Crippen LogP contribution in [0.15, 0.2) is 0 Å². The van der Waals surface area contributed by atoms with Gasteiger partial charge in [-0.15, -0.1) is 0 Å². The van der Waals surface area contributed by atoms with E-state index in [2.05, 4.69) is 0 Å². The second-order valence-corrected chi connectivity index (χ2v) is 4.72. The van der Waals surface area contributed by atoms with Crippen molar-refractivity contribution in [3.63, 3.8) is 0 Å². The van der Waals surface area contributed by atoms with Crippen LogP contribution in [-0.2, 0) is 19.2 Å². The first-order chi connectivity index (χ1) is 11.5. The molecule has 0 heterocycles. The van der Waals surface area contributed by atoms with Crippen LogP contribution in [0.2, 0.25) is 0 Å². The molecule has 0 saturated carbocycles. The van der Waals surface area contributed by atoms with Crippen molar-refractivity contribution in [3.05, 3.63) is 0 Å². The van der Waals surface area contributed by atoms with Crippen molar-refractivity contribution >= 4 is 23.9 Å². The lowest BCUT2D eigenvalue weighted by Gasteiger charge is -2.04. The molecule has 0 rings (SSSR count). The summed E-state index contributed by atoms with van der Waals surface area (Å²) < 4.78 is 0. The number of carboxylic acids is 4. The Bertz CT molecular complexity index is 393. The molecular formula is C13H28N4O8. The summed E-state index contributed by atoms with van der Waals surface area (Å²) in [5.41, 5.74) is 20.6. The van der Waals surface area contributed by atoms with E-state index in [1.807, 2.05) is 0 Å². The predicted octanol–water partition coefficient (Wildman–Crippen LogP) is -2.18. The molecule has 12 nitrogen and oxygen atoms in total. The van der Waals surface area contributed by atoms with Crippen LogP contribution in [0.1, 0.15) is 32.1 Å². The normalized spacial score (nSPS) is 11.7. The van der Waals surface area contributed by atoms with Gasteiger partial charge in [0.25, 0.3) is 0 Å². The smallest absolute Gasteiger partial charge is 0.414 e. The predicted molar refractivity (Wildman–Crippen MR) is 87.7 cm³/mol. The van der Waals surface area contributed by atoms with Gasteiger partial charge in [-0.1, -0.05) is 12.8 Å². The van der Waals surface area contributed by atoms with Gasteiger partial charge in [0.15, 0.2) is 0 Å². The summed E-state index contributed by atoms with van der Waals surface area (Å²) >= 11 is 0. The highest BCUT2D eigenvalue weighted by atomic mass is 16.4. The van der Waals surface area contributed by atoms with E-state index in [0.717, 1.165) is 19.3 Å². The standard InChI is InChI=1S/C7H16N2O2.C4H10N2O2.C2H2O4/c8-5-3-1-2-4-6(9)7(10)11;5-2-1-3(6)4(7)8;3-1(4)2(5)6/h6H,1-5,8-9H2,(H,10,11);3H,1-2,5-6H2,(H,7,8);(H,3,4)(H,5,6). The zero-order valence-corrected chi connectivity index (χ0v) is 13.8. The molecule has 0 aliphatic carbocycles. The zero-order chi connectivity index (χ0) is 20.4. The Morgan fingerprint density at radius 3 is 1.28 bits per heavy atom. The highest BCUT2D eigenvalue weighted by molar-refractivity contribution is 6.27. The lowest BCUT2D eigenvalue weighted by atomic mass is 10.1. The Kier molecular flexibility index (Phi) is 19.9.